The Balaban J connectivity index is 2.49. The van der Waals surface area contributed by atoms with Crippen LogP contribution in [0.2, 0.25) is 0 Å². The summed E-state index contributed by atoms with van der Waals surface area (Å²) >= 11 is 0. The van der Waals surface area contributed by atoms with Gasteiger partial charge in [0.05, 0.1) is 12.8 Å². The molecule has 0 bridgehead atoms. The van der Waals surface area contributed by atoms with Crippen molar-refractivity contribution in [3.05, 3.63) is 41.7 Å². The Morgan fingerprint density at radius 1 is 1.32 bits per heavy atom. The number of ether oxygens (including phenoxy) is 1. The molecule has 2 rings (SSSR count). The molecule has 0 saturated heterocycles. The third-order valence-corrected chi connectivity index (χ3v) is 2.86. The van der Waals surface area contributed by atoms with Gasteiger partial charge in [0.1, 0.15) is 5.75 Å². The van der Waals surface area contributed by atoms with Gasteiger partial charge in [-0.25, -0.2) is 9.48 Å². The summed E-state index contributed by atoms with van der Waals surface area (Å²) < 4.78 is 6.76. The Bertz CT molecular complexity index is 585. The molecule has 1 aromatic carbocycles. The van der Waals surface area contributed by atoms with Gasteiger partial charge in [-0.05, 0) is 36.2 Å². The van der Waals surface area contributed by atoms with Crippen molar-refractivity contribution in [2.45, 2.75) is 19.8 Å². The van der Waals surface area contributed by atoms with Crippen LogP contribution < -0.4 is 4.74 Å². The van der Waals surface area contributed by atoms with E-state index in [0.29, 0.717) is 0 Å². The first-order valence-corrected chi connectivity index (χ1v) is 6.00. The predicted molar refractivity (Wildman–Crippen MR) is 71.2 cm³/mol. The Kier molecular flexibility index (Phi) is 3.55. The number of aromatic nitrogens is 2. The van der Waals surface area contributed by atoms with Crippen LogP contribution in [0, 0.1) is 0 Å². The van der Waals surface area contributed by atoms with Gasteiger partial charge < -0.3 is 9.84 Å². The first kappa shape index (κ1) is 13.1. The molecule has 0 aliphatic heterocycles. The first-order chi connectivity index (χ1) is 9.02. The molecule has 0 saturated carbocycles. The standard InChI is InChI=1S/C14H16N2O3/c1-9(2)13-8-12(14(17)18)15-16(13)10-4-6-11(19-3)7-5-10/h4-9H,1-3H3,(H,17,18). The SMILES string of the molecule is COc1ccc(-n2nc(C(=O)O)cc2C(C)C)cc1. The van der Waals surface area contributed by atoms with Gasteiger partial charge in [-0.2, -0.15) is 5.10 Å². The van der Waals surface area contributed by atoms with Gasteiger partial charge in [-0.3, -0.25) is 0 Å². The molecule has 100 valence electrons. The number of carbonyl (C=O) groups is 1. The third kappa shape index (κ3) is 2.59. The second-order valence-electron chi connectivity index (χ2n) is 4.52. The highest BCUT2D eigenvalue weighted by Gasteiger charge is 2.16. The van der Waals surface area contributed by atoms with Crippen molar-refractivity contribution in [2.24, 2.45) is 0 Å². The lowest BCUT2D eigenvalue weighted by atomic mass is 10.1. The number of benzene rings is 1. The number of hydrogen-bond acceptors (Lipinski definition) is 3. The lowest BCUT2D eigenvalue weighted by Crippen LogP contribution is -2.04. The average molecular weight is 260 g/mol. The second kappa shape index (κ2) is 5.14. The van der Waals surface area contributed by atoms with Crippen LogP contribution in [-0.4, -0.2) is 28.0 Å². The molecular formula is C14H16N2O3. The van der Waals surface area contributed by atoms with Crippen LogP contribution in [0.3, 0.4) is 0 Å². The van der Waals surface area contributed by atoms with E-state index in [4.69, 9.17) is 9.84 Å². The highest BCUT2D eigenvalue weighted by molar-refractivity contribution is 5.85. The van der Waals surface area contributed by atoms with E-state index in [0.717, 1.165) is 17.1 Å². The van der Waals surface area contributed by atoms with Crippen LogP contribution in [0.4, 0.5) is 0 Å². The lowest BCUT2D eigenvalue weighted by molar-refractivity contribution is 0.0690. The molecule has 0 fully saturated rings. The monoisotopic (exact) mass is 260 g/mol. The van der Waals surface area contributed by atoms with Gasteiger partial charge in [0.2, 0.25) is 0 Å². The van der Waals surface area contributed by atoms with E-state index >= 15 is 0 Å². The molecule has 0 radical (unpaired) electrons. The van der Waals surface area contributed by atoms with E-state index in [2.05, 4.69) is 5.10 Å². The molecular weight excluding hydrogens is 244 g/mol. The van der Waals surface area contributed by atoms with E-state index < -0.39 is 5.97 Å². The van der Waals surface area contributed by atoms with Crippen molar-refractivity contribution in [2.75, 3.05) is 7.11 Å². The Hall–Kier alpha value is -2.30. The van der Waals surface area contributed by atoms with Crippen LogP contribution in [-0.2, 0) is 0 Å². The topological polar surface area (TPSA) is 64.4 Å². The van der Waals surface area contributed by atoms with E-state index in [1.54, 1.807) is 17.9 Å². The summed E-state index contributed by atoms with van der Waals surface area (Å²) in [4.78, 5) is 11.0. The number of carboxylic acid groups (broad SMARTS) is 1. The summed E-state index contributed by atoms with van der Waals surface area (Å²) in [6.07, 6.45) is 0. The number of rotatable bonds is 4. The minimum Gasteiger partial charge on any atom is -0.497 e. The van der Waals surface area contributed by atoms with Crippen molar-refractivity contribution in [1.82, 2.24) is 9.78 Å². The molecule has 0 aliphatic rings. The number of nitrogens with zero attached hydrogens (tertiary/aromatic N) is 2. The van der Waals surface area contributed by atoms with Crippen molar-refractivity contribution in [3.8, 4) is 11.4 Å². The van der Waals surface area contributed by atoms with Gasteiger partial charge >= 0.3 is 5.97 Å². The fourth-order valence-corrected chi connectivity index (χ4v) is 1.84. The third-order valence-electron chi connectivity index (χ3n) is 2.86. The minimum atomic E-state index is -1.02. The predicted octanol–water partition coefficient (Wildman–Crippen LogP) is 2.70. The van der Waals surface area contributed by atoms with Crippen molar-refractivity contribution in [1.29, 1.82) is 0 Å². The van der Waals surface area contributed by atoms with Crippen LogP contribution in [0.1, 0.15) is 35.9 Å². The zero-order chi connectivity index (χ0) is 14.0. The summed E-state index contributed by atoms with van der Waals surface area (Å²) in [6, 6.07) is 8.95. The smallest absolute Gasteiger partial charge is 0.356 e. The summed E-state index contributed by atoms with van der Waals surface area (Å²) in [5.41, 5.74) is 1.74. The molecule has 0 atom stereocenters. The van der Waals surface area contributed by atoms with Gasteiger partial charge in [0.15, 0.2) is 5.69 Å². The van der Waals surface area contributed by atoms with Gasteiger partial charge in [-0.15, -0.1) is 0 Å². The maximum atomic E-state index is 11.0. The first-order valence-electron chi connectivity index (χ1n) is 6.00. The molecule has 0 unspecified atom stereocenters. The fraction of sp³-hybridized carbons (Fsp3) is 0.286. The number of hydrogen-bond donors (Lipinski definition) is 1. The molecule has 5 heteroatoms. The van der Waals surface area contributed by atoms with E-state index in [1.807, 2.05) is 38.1 Å². The highest BCUT2D eigenvalue weighted by Crippen LogP contribution is 2.22. The zero-order valence-corrected chi connectivity index (χ0v) is 11.1. The zero-order valence-electron chi connectivity index (χ0n) is 11.1. The number of aromatic carboxylic acids is 1. The van der Waals surface area contributed by atoms with Crippen LogP contribution in [0.15, 0.2) is 30.3 Å². The summed E-state index contributed by atoms with van der Waals surface area (Å²) in [7, 11) is 1.60. The van der Waals surface area contributed by atoms with Crippen molar-refractivity contribution in [3.63, 3.8) is 0 Å². The molecule has 2 aromatic rings. The maximum Gasteiger partial charge on any atom is 0.356 e. The molecule has 5 nitrogen and oxygen atoms in total. The van der Waals surface area contributed by atoms with Crippen LogP contribution in [0.25, 0.3) is 5.69 Å². The van der Waals surface area contributed by atoms with Gasteiger partial charge in [0, 0.05) is 5.69 Å². The van der Waals surface area contributed by atoms with E-state index in [1.165, 1.54) is 0 Å². The Morgan fingerprint density at radius 2 is 1.95 bits per heavy atom. The molecule has 1 aromatic heterocycles. The quantitative estimate of drug-likeness (QED) is 0.918. The normalized spacial score (nSPS) is 10.7. The molecule has 1 N–H and O–H groups in total. The molecule has 0 aliphatic carbocycles. The maximum absolute atomic E-state index is 11.0. The average Bonchev–Trinajstić information content (AvgIpc) is 2.84. The van der Waals surface area contributed by atoms with Crippen molar-refractivity contribution >= 4 is 5.97 Å². The van der Waals surface area contributed by atoms with Crippen LogP contribution in [0.5, 0.6) is 5.75 Å². The van der Waals surface area contributed by atoms with Crippen LogP contribution >= 0.6 is 0 Å². The van der Waals surface area contributed by atoms with E-state index in [9.17, 15) is 4.79 Å². The molecule has 1 heterocycles. The largest absolute Gasteiger partial charge is 0.497 e. The lowest BCUT2D eigenvalue weighted by Gasteiger charge is -2.10. The highest BCUT2D eigenvalue weighted by atomic mass is 16.5. The molecule has 0 amide bonds. The molecule has 19 heavy (non-hydrogen) atoms. The van der Waals surface area contributed by atoms with Crippen molar-refractivity contribution < 1.29 is 14.6 Å². The minimum absolute atomic E-state index is 0.0551. The van der Waals surface area contributed by atoms with E-state index in [-0.39, 0.29) is 11.6 Å². The summed E-state index contributed by atoms with van der Waals surface area (Å²) in [6.45, 7) is 4.01. The summed E-state index contributed by atoms with van der Waals surface area (Å²) in [5.74, 6) is -0.0858. The van der Waals surface area contributed by atoms with Gasteiger partial charge in [-0.1, -0.05) is 13.8 Å². The molecule has 0 spiro atoms. The van der Waals surface area contributed by atoms with Gasteiger partial charge in [0.25, 0.3) is 0 Å². The fourth-order valence-electron chi connectivity index (χ4n) is 1.84. The Labute approximate surface area is 111 Å². The number of methoxy groups -OCH3 is 1. The Morgan fingerprint density at radius 3 is 2.42 bits per heavy atom. The second-order valence-corrected chi connectivity index (χ2v) is 4.52. The number of carboxylic acids is 1. The summed E-state index contributed by atoms with van der Waals surface area (Å²) in [5, 5.41) is 13.2.